The van der Waals surface area contributed by atoms with Crippen molar-refractivity contribution in [2.75, 3.05) is 14.2 Å². The van der Waals surface area contributed by atoms with Crippen LogP contribution in [-0.4, -0.2) is 20.1 Å². The molecule has 8 heteroatoms. The molecule has 3 aromatic carbocycles. The molecule has 7 nitrogen and oxygen atoms in total. The number of carbonyl (C=O) groups excluding carboxylic acids is 1. The molecule has 3 aromatic rings. The van der Waals surface area contributed by atoms with E-state index in [4.69, 9.17) is 36.4 Å². The number of rotatable bonds is 9. The summed E-state index contributed by atoms with van der Waals surface area (Å²) in [4.78, 5) is 12.0. The molecule has 0 aromatic heterocycles. The molecular weight excluding hydrogens is 420 g/mol. The normalized spacial score (nSPS) is 10.3. The van der Waals surface area contributed by atoms with Gasteiger partial charge in [-0.2, -0.15) is 0 Å². The van der Waals surface area contributed by atoms with E-state index in [-0.39, 0.29) is 29.5 Å². The largest absolute Gasteiger partial charge is 0.497 e. The fourth-order valence-electron chi connectivity index (χ4n) is 2.80. The number of nitrogen functional groups attached to an aromatic ring is 1. The molecule has 162 valence electrons. The first-order valence-corrected chi connectivity index (χ1v) is 9.78. The smallest absolute Gasteiger partial charge is 0.266 e. The summed E-state index contributed by atoms with van der Waals surface area (Å²) in [7, 11) is 3.21. The summed E-state index contributed by atoms with van der Waals surface area (Å²) in [5.41, 5.74) is 4.09. The highest BCUT2D eigenvalue weighted by molar-refractivity contribution is 6.35. The topological polar surface area (TPSA) is 92.0 Å². The maximum atomic E-state index is 12.0. The van der Waals surface area contributed by atoms with E-state index in [1.165, 1.54) is 6.07 Å². The molecule has 0 saturated heterocycles. The first-order valence-electron chi connectivity index (χ1n) is 9.40. The zero-order valence-electron chi connectivity index (χ0n) is 17.2. The van der Waals surface area contributed by atoms with Crippen LogP contribution in [0.1, 0.15) is 21.5 Å². The summed E-state index contributed by atoms with van der Waals surface area (Å²) in [5.74, 6) is 6.89. The second-order valence-corrected chi connectivity index (χ2v) is 6.88. The molecule has 0 saturated carbocycles. The van der Waals surface area contributed by atoms with E-state index in [1.54, 1.807) is 20.3 Å². The molecule has 0 unspecified atom stereocenters. The van der Waals surface area contributed by atoms with Crippen LogP contribution in [0.5, 0.6) is 23.0 Å². The average molecular weight is 443 g/mol. The Hall–Kier alpha value is -3.42. The molecule has 0 aliphatic heterocycles. The predicted molar refractivity (Wildman–Crippen MR) is 118 cm³/mol. The number of carbonyl (C=O) groups is 1. The van der Waals surface area contributed by atoms with Crippen molar-refractivity contribution in [1.82, 2.24) is 5.43 Å². The van der Waals surface area contributed by atoms with Gasteiger partial charge in [0.1, 0.15) is 24.7 Å². The number of halogens is 1. The van der Waals surface area contributed by atoms with Crippen LogP contribution >= 0.6 is 11.6 Å². The molecule has 3 rings (SSSR count). The Morgan fingerprint density at radius 1 is 0.839 bits per heavy atom. The Morgan fingerprint density at radius 3 is 1.84 bits per heavy atom. The van der Waals surface area contributed by atoms with Gasteiger partial charge in [-0.05, 0) is 47.5 Å². The SMILES string of the molecule is COc1ccc(COc2ccc(C(=O)NN)c(Cl)c2OCc2ccc(OC)cc2)cc1. The quantitative estimate of drug-likeness (QED) is 0.294. The molecule has 3 N–H and O–H groups in total. The van der Waals surface area contributed by atoms with Crippen LogP contribution in [0.3, 0.4) is 0 Å². The molecule has 0 fully saturated rings. The van der Waals surface area contributed by atoms with Crippen molar-refractivity contribution in [3.05, 3.63) is 82.4 Å². The van der Waals surface area contributed by atoms with Gasteiger partial charge < -0.3 is 18.9 Å². The molecule has 0 spiro atoms. The molecule has 0 bridgehead atoms. The van der Waals surface area contributed by atoms with E-state index in [2.05, 4.69) is 5.43 Å². The fourth-order valence-corrected chi connectivity index (χ4v) is 3.10. The van der Waals surface area contributed by atoms with Crippen LogP contribution in [0.15, 0.2) is 60.7 Å². The van der Waals surface area contributed by atoms with Crippen LogP contribution in [-0.2, 0) is 13.2 Å². The van der Waals surface area contributed by atoms with Crippen molar-refractivity contribution >= 4 is 17.5 Å². The van der Waals surface area contributed by atoms with E-state index in [0.717, 1.165) is 22.6 Å². The summed E-state index contributed by atoms with van der Waals surface area (Å²) in [6.07, 6.45) is 0. The van der Waals surface area contributed by atoms with Crippen molar-refractivity contribution in [2.45, 2.75) is 13.2 Å². The highest BCUT2D eigenvalue weighted by Gasteiger charge is 2.19. The minimum absolute atomic E-state index is 0.115. The second-order valence-electron chi connectivity index (χ2n) is 6.50. The third-order valence-electron chi connectivity index (χ3n) is 4.53. The molecule has 0 radical (unpaired) electrons. The van der Waals surface area contributed by atoms with Gasteiger partial charge in [-0.1, -0.05) is 35.9 Å². The Balaban J connectivity index is 1.82. The standard InChI is InChI=1S/C23H23ClN2O5/c1-28-17-7-3-15(4-8-17)13-30-20-12-11-19(23(27)26-25)21(24)22(20)31-14-16-5-9-18(29-2)10-6-16/h3-12H,13-14,25H2,1-2H3,(H,26,27). The lowest BCUT2D eigenvalue weighted by atomic mass is 10.1. The maximum Gasteiger partial charge on any atom is 0.266 e. The van der Waals surface area contributed by atoms with E-state index in [9.17, 15) is 4.79 Å². The Labute approximate surface area is 185 Å². The van der Waals surface area contributed by atoms with Crippen molar-refractivity contribution in [3.63, 3.8) is 0 Å². The number of amides is 1. The van der Waals surface area contributed by atoms with Crippen LogP contribution in [0.4, 0.5) is 0 Å². The molecule has 0 aliphatic carbocycles. The van der Waals surface area contributed by atoms with E-state index >= 15 is 0 Å². The highest BCUT2D eigenvalue weighted by atomic mass is 35.5. The minimum atomic E-state index is -0.527. The number of hydrazine groups is 1. The molecule has 1 amide bonds. The zero-order chi connectivity index (χ0) is 22.2. The van der Waals surface area contributed by atoms with E-state index in [0.29, 0.717) is 5.75 Å². The Bertz CT molecular complexity index is 1020. The molecule has 0 atom stereocenters. The van der Waals surface area contributed by atoms with Crippen molar-refractivity contribution in [3.8, 4) is 23.0 Å². The number of ether oxygens (including phenoxy) is 4. The number of benzene rings is 3. The lowest BCUT2D eigenvalue weighted by Gasteiger charge is -2.16. The van der Waals surface area contributed by atoms with Gasteiger partial charge in [0, 0.05) is 0 Å². The van der Waals surface area contributed by atoms with Gasteiger partial charge in [-0.25, -0.2) is 5.84 Å². The van der Waals surface area contributed by atoms with Gasteiger partial charge in [0.2, 0.25) is 0 Å². The van der Waals surface area contributed by atoms with Gasteiger partial charge in [-0.3, -0.25) is 10.2 Å². The van der Waals surface area contributed by atoms with Crippen molar-refractivity contribution in [2.24, 2.45) is 5.84 Å². The zero-order valence-corrected chi connectivity index (χ0v) is 17.9. The highest BCUT2D eigenvalue weighted by Crippen LogP contribution is 2.39. The average Bonchev–Trinajstić information content (AvgIpc) is 2.82. The molecule has 0 heterocycles. The molecule has 0 aliphatic rings. The Kier molecular flexibility index (Phi) is 7.59. The Morgan fingerprint density at radius 2 is 1.35 bits per heavy atom. The number of methoxy groups -OCH3 is 2. The van der Waals surface area contributed by atoms with Gasteiger partial charge in [0.05, 0.1) is 24.8 Å². The van der Waals surface area contributed by atoms with E-state index < -0.39 is 5.91 Å². The first-order chi connectivity index (χ1) is 15.0. The fraction of sp³-hybridized carbons (Fsp3) is 0.174. The van der Waals surface area contributed by atoms with Crippen LogP contribution in [0.2, 0.25) is 5.02 Å². The first kappa shape index (κ1) is 22.3. The third-order valence-corrected chi connectivity index (χ3v) is 4.91. The lowest BCUT2D eigenvalue weighted by molar-refractivity contribution is 0.0953. The van der Waals surface area contributed by atoms with Crippen molar-refractivity contribution < 1.29 is 23.7 Å². The number of hydrogen-bond donors (Lipinski definition) is 2. The van der Waals surface area contributed by atoms with Gasteiger partial charge >= 0.3 is 0 Å². The van der Waals surface area contributed by atoms with Gasteiger partial charge in [0.15, 0.2) is 11.5 Å². The summed E-state index contributed by atoms with van der Waals surface area (Å²) < 4.78 is 22.2. The van der Waals surface area contributed by atoms with Gasteiger partial charge in [0.25, 0.3) is 5.91 Å². The number of nitrogens with two attached hydrogens (primary N) is 1. The summed E-state index contributed by atoms with van der Waals surface area (Å²) in [5, 5.41) is 0.115. The van der Waals surface area contributed by atoms with Crippen LogP contribution in [0, 0.1) is 0 Å². The number of nitrogens with one attached hydrogen (secondary N) is 1. The van der Waals surface area contributed by atoms with E-state index in [1.807, 2.05) is 48.5 Å². The van der Waals surface area contributed by atoms with Crippen molar-refractivity contribution in [1.29, 1.82) is 0 Å². The summed E-state index contributed by atoms with van der Waals surface area (Å²) >= 11 is 6.46. The van der Waals surface area contributed by atoms with Gasteiger partial charge in [-0.15, -0.1) is 0 Å². The monoisotopic (exact) mass is 442 g/mol. The third kappa shape index (κ3) is 5.59. The molecule has 31 heavy (non-hydrogen) atoms. The van der Waals surface area contributed by atoms with Crippen LogP contribution < -0.4 is 30.2 Å². The summed E-state index contributed by atoms with van der Waals surface area (Å²) in [6, 6.07) is 18.1. The van der Waals surface area contributed by atoms with Crippen LogP contribution in [0.25, 0.3) is 0 Å². The predicted octanol–water partition coefficient (Wildman–Crippen LogP) is 4.12. The summed E-state index contributed by atoms with van der Waals surface area (Å²) in [6.45, 7) is 0.498. The lowest BCUT2D eigenvalue weighted by Crippen LogP contribution is -2.30. The second kappa shape index (κ2) is 10.6. The molecular formula is C23H23ClN2O5. The number of hydrogen-bond acceptors (Lipinski definition) is 6. The maximum absolute atomic E-state index is 12.0. The minimum Gasteiger partial charge on any atom is -0.497 e.